The number of piperazine rings is 1. The molecule has 3 rings (SSSR count). The molecule has 3 amide bonds. The molecule has 1 saturated heterocycles. The van der Waals surface area contributed by atoms with E-state index in [2.05, 4.69) is 5.32 Å². The Morgan fingerprint density at radius 3 is 1.97 bits per heavy atom. The van der Waals surface area contributed by atoms with Crippen molar-refractivity contribution in [1.29, 1.82) is 0 Å². The van der Waals surface area contributed by atoms with Gasteiger partial charge in [-0.15, -0.1) is 0 Å². The number of nitrogens with one attached hydrogen (secondary N) is 1. The van der Waals surface area contributed by atoms with E-state index in [1.54, 1.807) is 21.9 Å². The van der Waals surface area contributed by atoms with Crippen LogP contribution in [0.2, 0.25) is 0 Å². The molecule has 0 unspecified atom stereocenters. The highest BCUT2D eigenvalue weighted by Crippen LogP contribution is 2.23. The molecule has 29 heavy (non-hydrogen) atoms. The zero-order valence-corrected chi connectivity index (χ0v) is 17.1. The van der Waals surface area contributed by atoms with Gasteiger partial charge in [-0.3, -0.25) is 0 Å². The van der Waals surface area contributed by atoms with E-state index >= 15 is 0 Å². The summed E-state index contributed by atoms with van der Waals surface area (Å²) >= 11 is 0. The molecule has 7 heteroatoms. The summed E-state index contributed by atoms with van der Waals surface area (Å²) in [5.74, 6) is 1.45. The second-order valence-corrected chi connectivity index (χ2v) is 7.82. The van der Waals surface area contributed by atoms with Gasteiger partial charge in [0, 0.05) is 31.9 Å². The molecule has 0 spiro atoms. The number of anilines is 1. The first-order valence-electron chi connectivity index (χ1n) is 9.67. The Morgan fingerprint density at radius 2 is 1.38 bits per heavy atom. The van der Waals surface area contributed by atoms with Gasteiger partial charge in [0.2, 0.25) is 0 Å². The molecule has 1 aliphatic rings. The van der Waals surface area contributed by atoms with Crippen LogP contribution in [0.15, 0.2) is 54.6 Å². The number of urea groups is 1. The third-order valence-electron chi connectivity index (χ3n) is 4.30. The molecule has 2 aromatic carbocycles. The highest BCUT2D eigenvalue weighted by Gasteiger charge is 2.27. The number of amides is 3. The lowest BCUT2D eigenvalue weighted by molar-refractivity contribution is 0.0174. The van der Waals surface area contributed by atoms with Crippen LogP contribution in [0.1, 0.15) is 20.8 Å². The van der Waals surface area contributed by atoms with Gasteiger partial charge in [-0.05, 0) is 57.2 Å². The summed E-state index contributed by atoms with van der Waals surface area (Å²) in [6, 6.07) is 16.5. The average molecular weight is 397 g/mol. The van der Waals surface area contributed by atoms with Crippen molar-refractivity contribution in [3.05, 3.63) is 54.6 Å². The molecule has 2 aromatic rings. The third-order valence-corrected chi connectivity index (χ3v) is 4.30. The number of ether oxygens (including phenoxy) is 2. The van der Waals surface area contributed by atoms with Crippen molar-refractivity contribution in [1.82, 2.24) is 9.80 Å². The number of hydrogen-bond donors (Lipinski definition) is 1. The second-order valence-electron chi connectivity index (χ2n) is 7.82. The molecule has 0 saturated carbocycles. The van der Waals surface area contributed by atoms with Crippen LogP contribution < -0.4 is 10.1 Å². The predicted molar refractivity (Wildman–Crippen MR) is 111 cm³/mol. The Labute approximate surface area is 171 Å². The fraction of sp³-hybridized carbons (Fsp3) is 0.364. The number of para-hydroxylation sites is 1. The minimum atomic E-state index is -0.526. The molecule has 0 aromatic heterocycles. The number of benzene rings is 2. The summed E-state index contributed by atoms with van der Waals surface area (Å²) in [4.78, 5) is 27.9. The Bertz CT molecular complexity index is 823. The van der Waals surface area contributed by atoms with E-state index in [1.165, 1.54) is 0 Å². The number of carbonyl (C=O) groups is 2. The lowest BCUT2D eigenvalue weighted by atomic mass is 10.2. The van der Waals surface area contributed by atoms with Gasteiger partial charge < -0.3 is 24.6 Å². The van der Waals surface area contributed by atoms with Crippen LogP contribution in [0.5, 0.6) is 11.5 Å². The third kappa shape index (κ3) is 6.14. The van der Waals surface area contributed by atoms with Crippen LogP contribution in [0, 0.1) is 0 Å². The van der Waals surface area contributed by atoms with Crippen molar-refractivity contribution < 1.29 is 19.1 Å². The maximum Gasteiger partial charge on any atom is 0.410 e. The smallest absolute Gasteiger partial charge is 0.410 e. The average Bonchev–Trinajstić information content (AvgIpc) is 2.69. The number of nitrogens with zero attached hydrogens (tertiary/aromatic N) is 2. The number of carbonyl (C=O) groups excluding carboxylic acids is 2. The van der Waals surface area contributed by atoms with Crippen molar-refractivity contribution in [3.63, 3.8) is 0 Å². The minimum absolute atomic E-state index is 0.189. The lowest BCUT2D eigenvalue weighted by Gasteiger charge is -2.35. The van der Waals surface area contributed by atoms with Crippen LogP contribution in [-0.2, 0) is 4.74 Å². The Balaban J connectivity index is 1.48. The molecule has 0 bridgehead atoms. The molecular formula is C22H27N3O4. The minimum Gasteiger partial charge on any atom is -0.457 e. The standard InChI is InChI=1S/C22H27N3O4/c1-22(2,3)29-21(27)25-15-13-24(14-16-25)20(26)23-17-9-11-19(12-10-17)28-18-7-5-4-6-8-18/h4-12H,13-16H2,1-3H3,(H,23,26). The van der Waals surface area contributed by atoms with Crippen LogP contribution in [-0.4, -0.2) is 53.7 Å². The Hall–Kier alpha value is -3.22. The highest BCUT2D eigenvalue weighted by atomic mass is 16.6. The number of hydrogen-bond acceptors (Lipinski definition) is 4. The molecule has 0 radical (unpaired) electrons. The molecule has 0 atom stereocenters. The topological polar surface area (TPSA) is 71.1 Å². The summed E-state index contributed by atoms with van der Waals surface area (Å²) in [5, 5.41) is 2.88. The van der Waals surface area contributed by atoms with E-state index in [4.69, 9.17) is 9.47 Å². The first kappa shape index (κ1) is 20.5. The predicted octanol–water partition coefficient (Wildman–Crippen LogP) is 4.56. The summed E-state index contributed by atoms with van der Waals surface area (Å²) in [7, 11) is 0. The first-order chi connectivity index (χ1) is 13.8. The Kier molecular flexibility index (Phi) is 6.26. The van der Waals surface area contributed by atoms with Crippen molar-refractivity contribution in [3.8, 4) is 11.5 Å². The van der Waals surface area contributed by atoms with E-state index in [0.29, 0.717) is 37.6 Å². The van der Waals surface area contributed by atoms with E-state index in [0.717, 1.165) is 5.75 Å². The van der Waals surface area contributed by atoms with Crippen molar-refractivity contribution in [2.75, 3.05) is 31.5 Å². The van der Waals surface area contributed by atoms with Gasteiger partial charge in [0.05, 0.1) is 0 Å². The molecule has 1 N–H and O–H groups in total. The van der Waals surface area contributed by atoms with Crippen LogP contribution in [0.4, 0.5) is 15.3 Å². The first-order valence-corrected chi connectivity index (χ1v) is 9.67. The van der Waals surface area contributed by atoms with Gasteiger partial charge in [-0.25, -0.2) is 9.59 Å². The number of rotatable bonds is 3. The molecule has 0 aliphatic carbocycles. The van der Waals surface area contributed by atoms with Gasteiger partial charge >= 0.3 is 12.1 Å². The zero-order valence-electron chi connectivity index (χ0n) is 17.1. The molecule has 1 heterocycles. The van der Waals surface area contributed by atoms with Crippen molar-refractivity contribution >= 4 is 17.8 Å². The SMILES string of the molecule is CC(C)(C)OC(=O)N1CCN(C(=O)Nc2ccc(Oc3ccccc3)cc2)CC1. The lowest BCUT2D eigenvalue weighted by Crippen LogP contribution is -2.52. The fourth-order valence-corrected chi connectivity index (χ4v) is 2.85. The van der Waals surface area contributed by atoms with Gasteiger partial charge in [0.1, 0.15) is 17.1 Å². The van der Waals surface area contributed by atoms with Crippen LogP contribution in [0.25, 0.3) is 0 Å². The second kappa shape index (κ2) is 8.86. The maximum absolute atomic E-state index is 12.5. The zero-order chi connectivity index (χ0) is 20.9. The maximum atomic E-state index is 12.5. The van der Waals surface area contributed by atoms with E-state index in [1.807, 2.05) is 63.2 Å². The fourth-order valence-electron chi connectivity index (χ4n) is 2.85. The van der Waals surface area contributed by atoms with E-state index in [-0.39, 0.29) is 12.1 Å². The van der Waals surface area contributed by atoms with Gasteiger partial charge in [0.15, 0.2) is 0 Å². The molecular weight excluding hydrogens is 370 g/mol. The van der Waals surface area contributed by atoms with E-state index in [9.17, 15) is 9.59 Å². The molecule has 1 aliphatic heterocycles. The quantitative estimate of drug-likeness (QED) is 0.824. The molecule has 7 nitrogen and oxygen atoms in total. The largest absolute Gasteiger partial charge is 0.457 e. The summed E-state index contributed by atoms with van der Waals surface area (Å²) in [5.41, 5.74) is 0.159. The van der Waals surface area contributed by atoms with Gasteiger partial charge in [-0.2, -0.15) is 0 Å². The molecule has 154 valence electrons. The van der Waals surface area contributed by atoms with Crippen molar-refractivity contribution in [2.45, 2.75) is 26.4 Å². The van der Waals surface area contributed by atoms with Crippen molar-refractivity contribution in [2.24, 2.45) is 0 Å². The van der Waals surface area contributed by atoms with Gasteiger partial charge in [0.25, 0.3) is 0 Å². The highest BCUT2D eigenvalue weighted by molar-refractivity contribution is 5.89. The molecule has 1 fully saturated rings. The van der Waals surface area contributed by atoms with Gasteiger partial charge in [-0.1, -0.05) is 18.2 Å². The normalized spacial score (nSPS) is 14.3. The van der Waals surface area contributed by atoms with E-state index < -0.39 is 5.60 Å². The van der Waals surface area contributed by atoms with Crippen LogP contribution >= 0.6 is 0 Å². The van der Waals surface area contributed by atoms with Crippen LogP contribution in [0.3, 0.4) is 0 Å². The summed E-state index contributed by atoms with van der Waals surface area (Å²) in [6.07, 6.45) is -0.341. The summed E-state index contributed by atoms with van der Waals surface area (Å²) < 4.78 is 11.1. The monoisotopic (exact) mass is 397 g/mol. The summed E-state index contributed by atoms with van der Waals surface area (Å²) in [6.45, 7) is 7.33. The Morgan fingerprint density at radius 1 is 0.828 bits per heavy atom.